The molecule has 0 saturated carbocycles. The number of nitrogens with zero attached hydrogens (tertiary/aromatic N) is 2. The molecular weight excluding hydrogens is 478 g/mol. The minimum absolute atomic E-state index is 0.0307. The van der Waals surface area contributed by atoms with Gasteiger partial charge >= 0.3 is 0 Å². The minimum atomic E-state index is -1.04. The average Bonchev–Trinajstić information content (AvgIpc) is 3.24. The van der Waals surface area contributed by atoms with Crippen molar-refractivity contribution in [1.82, 2.24) is 14.6 Å². The van der Waals surface area contributed by atoms with Crippen molar-refractivity contribution in [2.45, 2.75) is 45.2 Å². The van der Waals surface area contributed by atoms with Crippen LogP contribution in [0.2, 0.25) is 0 Å². The van der Waals surface area contributed by atoms with Crippen molar-refractivity contribution in [1.29, 1.82) is 0 Å². The van der Waals surface area contributed by atoms with Gasteiger partial charge in [0.2, 0.25) is 5.91 Å². The molecule has 3 rings (SSSR count). The Kier molecular flexibility index (Phi) is 8.31. The van der Waals surface area contributed by atoms with Gasteiger partial charge in [0.25, 0.3) is 11.8 Å². The number of primary amides is 1. The molecule has 0 aliphatic heterocycles. The first-order valence-corrected chi connectivity index (χ1v) is 12.3. The van der Waals surface area contributed by atoms with E-state index < -0.39 is 23.4 Å². The first kappa shape index (κ1) is 26.7. The summed E-state index contributed by atoms with van der Waals surface area (Å²) in [7, 11) is 0. The molecule has 3 aromatic rings. The molecule has 0 fully saturated rings. The molecule has 1 heterocycles. The first-order chi connectivity index (χ1) is 17.0. The molecule has 0 saturated heterocycles. The molecule has 190 valence electrons. The Labute approximate surface area is 214 Å². The van der Waals surface area contributed by atoms with Gasteiger partial charge in [-0.3, -0.25) is 14.4 Å². The Bertz CT molecular complexity index is 1220. The number of rotatable bonds is 10. The summed E-state index contributed by atoms with van der Waals surface area (Å²) in [5.74, 6) is -1.73. The molecule has 0 unspecified atom stereocenters. The van der Waals surface area contributed by atoms with Gasteiger partial charge in [-0.05, 0) is 61.5 Å². The number of nitrogens with two attached hydrogens (primary N) is 2. The fourth-order valence-corrected chi connectivity index (χ4v) is 4.38. The summed E-state index contributed by atoms with van der Waals surface area (Å²) >= 11 is 0.768. The lowest BCUT2D eigenvalue weighted by molar-refractivity contribution is -0.127. The van der Waals surface area contributed by atoms with Crippen LogP contribution < -0.4 is 16.8 Å². The number of phenolic OH excluding ortho intramolecular Hbond substituents is 1. The topological polar surface area (TPSA) is 152 Å². The van der Waals surface area contributed by atoms with E-state index in [1.165, 1.54) is 17.0 Å². The average molecular weight is 510 g/mol. The normalized spacial score (nSPS) is 12.1. The molecule has 0 aliphatic rings. The third-order valence-corrected chi connectivity index (χ3v) is 6.87. The second-order valence-corrected chi connectivity index (χ2v) is 9.87. The van der Waals surface area contributed by atoms with E-state index in [9.17, 15) is 19.5 Å². The van der Waals surface area contributed by atoms with E-state index in [-0.39, 0.29) is 34.5 Å². The van der Waals surface area contributed by atoms with E-state index in [0.29, 0.717) is 18.4 Å². The van der Waals surface area contributed by atoms with Crippen LogP contribution >= 0.6 is 11.5 Å². The molecule has 6 N–H and O–H groups in total. The fourth-order valence-electron chi connectivity index (χ4n) is 3.62. The lowest BCUT2D eigenvalue weighted by Gasteiger charge is -2.34. The largest absolute Gasteiger partial charge is 0.508 e. The van der Waals surface area contributed by atoms with Gasteiger partial charge in [-0.25, -0.2) is 0 Å². The van der Waals surface area contributed by atoms with Gasteiger partial charge in [0.05, 0.1) is 5.69 Å². The Morgan fingerprint density at radius 1 is 1.11 bits per heavy atom. The third kappa shape index (κ3) is 6.19. The molecule has 1 atom stereocenters. The number of aromatic hydroxyl groups is 1. The highest BCUT2D eigenvalue weighted by molar-refractivity contribution is 7.09. The highest BCUT2D eigenvalue weighted by Crippen LogP contribution is 2.30. The summed E-state index contributed by atoms with van der Waals surface area (Å²) in [5, 5.41) is 12.9. The number of aromatic nitrogens is 1. The van der Waals surface area contributed by atoms with Gasteiger partial charge in [-0.2, -0.15) is 4.37 Å². The summed E-state index contributed by atoms with van der Waals surface area (Å²) in [5.41, 5.74) is 12.1. The predicted molar refractivity (Wildman–Crippen MR) is 140 cm³/mol. The molecule has 36 heavy (non-hydrogen) atoms. The zero-order valence-corrected chi connectivity index (χ0v) is 21.3. The number of benzene rings is 2. The molecule has 0 bridgehead atoms. The van der Waals surface area contributed by atoms with Gasteiger partial charge in [-0.1, -0.05) is 49.4 Å². The minimum Gasteiger partial charge on any atom is -0.508 e. The predicted octanol–water partition coefficient (Wildman–Crippen LogP) is 3.26. The van der Waals surface area contributed by atoms with Crippen molar-refractivity contribution >= 4 is 34.9 Å². The van der Waals surface area contributed by atoms with E-state index in [1.807, 2.05) is 51.1 Å². The number of hydrogen-bond donors (Lipinski definition) is 4. The number of nitrogens with one attached hydrogen (secondary N) is 1. The van der Waals surface area contributed by atoms with Crippen LogP contribution in [0.15, 0.2) is 54.6 Å². The summed E-state index contributed by atoms with van der Waals surface area (Å²) in [6.45, 7) is 5.93. The van der Waals surface area contributed by atoms with Crippen molar-refractivity contribution in [3.63, 3.8) is 0 Å². The van der Waals surface area contributed by atoms with E-state index >= 15 is 0 Å². The molecule has 10 heteroatoms. The third-order valence-electron chi connectivity index (χ3n) is 6.01. The number of anilines is 1. The number of phenols is 1. The lowest BCUT2D eigenvalue weighted by atomic mass is 9.98. The maximum absolute atomic E-state index is 13.9. The van der Waals surface area contributed by atoms with Crippen LogP contribution in [0.4, 0.5) is 5.69 Å². The van der Waals surface area contributed by atoms with Crippen LogP contribution in [0.1, 0.15) is 64.5 Å². The van der Waals surface area contributed by atoms with Crippen LogP contribution in [-0.2, 0) is 11.2 Å². The van der Waals surface area contributed by atoms with Crippen LogP contribution in [0.5, 0.6) is 5.75 Å². The first-order valence-electron chi connectivity index (χ1n) is 11.5. The van der Waals surface area contributed by atoms with Gasteiger partial charge in [0, 0.05) is 12.1 Å². The molecule has 0 radical (unpaired) electrons. The second-order valence-electron chi connectivity index (χ2n) is 9.09. The van der Waals surface area contributed by atoms with Crippen molar-refractivity contribution in [3.8, 4) is 5.75 Å². The van der Waals surface area contributed by atoms with E-state index in [1.54, 1.807) is 12.1 Å². The number of carbonyl (C=O) groups excluding carboxylic acids is 3. The molecule has 0 spiro atoms. The molecule has 3 amide bonds. The molecule has 2 aromatic carbocycles. The second kappa shape index (κ2) is 11.2. The number of hydrogen-bond acceptors (Lipinski definition) is 7. The summed E-state index contributed by atoms with van der Waals surface area (Å²) in [6.07, 6.45) is 1.13. The Balaban J connectivity index is 2.09. The lowest BCUT2D eigenvalue weighted by Crippen LogP contribution is -2.50. The van der Waals surface area contributed by atoms with Gasteiger partial charge in [0.1, 0.15) is 16.7 Å². The smallest absolute Gasteiger partial charge is 0.270 e. The number of nitrogen functional groups attached to an aromatic ring is 1. The number of carbonyl (C=O) groups is 3. The van der Waals surface area contributed by atoms with Crippen LogP contribution in [-0.4, -0.2) is 44.2 Å². The van der Waals surface area contributed by atoms with Crippen molar-refractivity contribution in [3.05, 3.63) is 76.3 Å². The Morgan fingerprint density at radius 2 is 1.75 bits per heavy atom. The quantitative estimate of drug-likeness (QED) is 0.329. The van der Waals surface area contributed by atoms with Crippen LogP contribution in [0.3, 0.4) is 0 Å². The Hall–Kier alpha value is -3.92. The van der Waals surface area contributed by atoms with Gasteiger partial charge in [0.15, 0.2) is 5.69 Å². The highest BCUT2D eigenvalue weighted by atomic mass is 32.1. The molecular formula is C26H31N5O4S. The number of amides is 3. The highest BCUT2D eigenvalue weighted by Gasteiger charge is 2.36. The van der Waals surface area contributed by atoms with Crippen LogP contribution in [0.25, 0.3) is 0 Å². The van der Waals surface area contributed by atoms with Crippen LogP contribution in [0, 0.1) is 0 Å². The monoisotopic (exact) mass is 509 g/mol. The van der Waals surface area contributed by atoms with E-state index in [0.717, 1.165) is 17.1 Å². The van der Waals surface area contributed by atoms with Crippen molar-refractivity contribution < 1.29 is 19.5 Å². The van der Waals surface area contributed by atoms with Gasteiger partial charge in [-0.15, -0.1) is 0 Å². The van der Waals surface area contributed by atoms with Crippen molar-refractivity contribution in [2.75, 3.05) is 12.3 Å². The van der Waals surface area contributed by atoms with E-state index in [2.05, 4.69) is 9.69 Å². The standard InChI is InChI=1S/C26H31N5O4S/c1-4-26(2,3)29-24(34)21(17-10-12-18(32)13-11-17)31(15-14-16-8-6-5-7-9-16)25(35)22-19(27)20(23(28)33)30-36-22/h5-13,21,32H,4,14-15,27H2,1-3H3,(H2,28,33)(H,29,34)/t21-/m0/s1. The zero-order chi connectivity index (χ0) is 26.5. The molecule has 9 nitrogen and oxygen atoms in total. The zero-order valence-electron chi connectivity index (χ0n) is 20.5. The Morgan fingerprint density at radius 3 is 2.31 bits per heavy atom. The SMILES string of the molecule is CCC(C)(C)NC(=O)[C@H](c1ccc(O)cc1)N(CCc1ccccc1)C(=O)c1snc(C(N)=O)c1N. The van der Waals surface area contributed by atoms with Gasteiger partial charge < -0.3 is 26.8 Å². The summed E-state index contributed by atoms with van der Waals surface area (Å²) < 4.78 is 3.96. The summed E-state index contributed by atoms with van der Waals surface area (Å²) in [6, 6.07) is 14.7. The maximum atomic E-state index is 13.9. The molecule has 0 aliphatic carbocycles. The fraction of sp³-hybridized carbons (Fsp3) is 0.308. The van der Waals surface area contributed by atoms with Crippen molar-refractivity contribution in [2.24, 2.45) is 5.73 Å². The molecule has 1 aromatic heterocycles. The maximum Gasteiger partial charge on any atom is 0.270 e. The summed E-state index contributed by atoms with van der Waals surface area (Å²) in [4.78, 5) is 40.7. The van der Waals surface area contributed by atoms with E-state index in [4.69, 9.17) is 11.5 Å².